The van der Waals surface area contributed by atoms with E-state index in [0.717, 1.165) is 64.7 Å². The van der Waals surface area contributed by atoms with Crippen LogP contribution in [-0.4, -0.2) is 22.7 Å². The number of fused-ring (bicyclic) bond motifs is 1. The second kappa shape index (κ2) is 8.84. The summed E-state index contributed by atoms with van der Waals surface area (Å²) < 4.78 is 6.13. The van der Waals surface area contributed by atoms with Crippen molar-refractivity contribution in [3.05, 3.63) is 75.6 Å². The van der Waals surface area contributed by atoms with Crippen LogP contribution >= 0.6 is 11.6 Å². The van der Waals surface area contributed by atoms with Crippen molar-refractivity contribution in [3.63, 3.8) is 0 Å². The van der Waals surface area contributed by atoms with Gasteiger partial charge in [-0.3, -0.25) is 0 Å². The predicted molar refractivity (Wildman–Crippen MR) is 130 cm³/mol. The van der Waals surface area contributed by atoms with Crippen molar-refractivity contribution in [2.45, 2.75) is 64.5 Å². The van der Waals surface area contributed by atoms with Crippen LogP contribution in [0.15, 0.2) is 42.5 Å². The van der Waals surface area contributed by atoms with Crippen LogP contribution in [0.3, 0.4) is 0 Å². The Balaban J connectivity index is 1.57. The quantitative estimate of drug-likeness (QED) is 0.440. The molecule has 2 atom stereocenters. The largest absolute Gasteiger partial charge is 0.376 e. The van der Waals surface area contributed by atoms with Crippen molar-refractivity contribution in [2.24, 2.45) is 0 Å². The molecule has 1 fully saturated rings. The number of halogens is 1. The lowest BCUT2D eigenvalue weighted by atomic mass is 10.0. The highest BCUT2D eigenvalue weighted by Crippen LogP contribution is 2.45. The van der Waals surface area contributed by atoms with E-state index in [9.17, 15) is 0 Å². The van der Waals surface area contributed by atoms with Crippen LogP contribution in [-0.2, 0) is 17.6 Å². The smallest absolute Gasteiger partial charge is 0.148 e. The molecule has 4 nitrogen and oxygen atoms in total. The molecule has 5 rings (SSSR count). The number of anilines is 1. The summed E-state index contributed by atoms with van der Waals surface area (Å²) in [5.41, 5.74) is 7.75. The number of nitrogens with one attached hydrogen (secondary N) is 1. The highest BCUT2D eigenvalue weighted by atomic mass is 35.5. The van der Waals surface area contributed by atoms with Gasteiger partial charge in [0.15, 0.2) is 0 Å². The molecule has 0 aliphatic heterocycles. The van der Waals surface area contributed by atoms with Gasteiger partial charge in [0, 0.05) is 24.5 Å². The zero-order valence-electron chi connectivity index (χ0n) is 19.0. The van der Waals surface area contributed by atoms with Gasteiger partial charge in [0.05, 0.1) is 34.3 Å². The zero-order chi connectivity index (χ0) is 22.2. The lowest BCUT2D eigenvalue weighted by Crippen LogP contribution is -2.26. The number of nitrogens with zero attached hydrogens (tertiary/aromatic N) is 2. The summed E-state index contributed by atoms with van der Waals surface area (Å²) in [6, 6.07) is 14.9. The maximum absolute atomic E-state index is 6.64. The van der Waals surface area contributed by atoms with Gasteiger partial charge in [0.25, 0.3) is 0 Å². The average Bonchev–Trinajstić information content (AvgIpc) is 3.58. The maximum atomic E-state index is 6.64. The fourth-order valence-electron chi connectivity index (χ4n) is 4.74. The summed E-state index contributed by atoms with van der Waals surface area (Å²) in [5.74, 6) is 1.34. The summed E-state index contributed by atoms with van der Waals surface area (Å²) >= 11 is 6.64. The fourth-order valence-corrected chi connectivity index (χ4v) is 5.07. The minimum Gasteiger partial charge on any atom is -0.376 e. The summed E-state index contributed by atoms with van der Waals surface area (Å²) in [4.78, 5) is 10.3. The number of hydrogen-bond donors (Lipinski definition) is 1. The van der Waals surface area contributed by atoms with Crippen LogP contribution in [0.25, 0.3) is 11.3 Å². The van der Waals surface area contributed by atoms with Crippen molar-refractivity contribution >= 4 is 17.4 Å². The molecule has 5 heteroatoms. The highest BCUT2D eigenvalue weighted by molar-refractivity contribution is 6.33. The Hall–Kier alpha value is -2.43. The molecule has 0 saturated heterocycles. The summed E-state index contributed by atoms with van der Waals surface area (Å²) in [5, 5.41) is 4.49. The van der Waals surface area contributed by atoms with E-state index in [0.29, 0.717) is 12.5 Å². The predicted octanol–water partition coefficient (Wildman–Crippen LogP) is 6.66. The van der Waals surface area contributed by atoms with Crippen molar-refractivity contribution in [1.29, 1.82) is 0 Å². The molecular formula is C27H30ClN3O. The summed E-state index contributed by atoms with van der Waals surface area (Å²) in [6.45, 7) is 6.95. The molecular weight excluding hydrogens is 418 g/mol. The molecule has 0 spiro atoms. The first kappa shape index (κ1) is 21.4. The van der Waals surface area contributed by atoms with Crippen LogP contribution in [0, 0.1) is 6.92 Å². The topological polar surface area (TPSA) is 47.0 Å². The number of rotatable bonds is 7. The van der Waals surface area contributed by atoms with Gasteiger partial charge < -0.3 is 10.1 Å². The summed E-state index contributed by atoms with van der Waals surface area (Å²) in [6.07, 6.45) is 4.13. The Morgan fingerprint density at radius 3 is 2.62 bits per heavy atom. The molecule has 0 radical (unpaired) electrons. The Morgan fingerprint density at radius 2 is 1.91 bits per heavy atom. The minimum atomic E-state index is 0.0756. The Labute approximate surface area is 195 Å². The first-order chi connectivity index (χ1) is 15.6. The van der Waals surface area contributed by atoms with Crippen molar-refractivity contribution in [2.75, 3.05) is 11.9 Å². The number of hydrogen-bond acceptors (Lipinski definition) is 4. The first-order valence-corrected chi connectivity index (χ1v) is 12.1. The number of aryl methyl sites for hydroxylation is 2. The van der Waals surface area contributed by atoms with Gasteiger partial charge in [-0.15, -0.1) is 0 Å². The molecule has 166 valence electrons. The maximum Gasteiger partial charge on any atom is 0.148 e. The third-order valence-electron chi connectivity index (χ3n) is 6.53. The fraction of sp³-hybridized carbons (Fsp3) is 0.407. The van der Waals surface area contributed by atoms with Crippen LogP contribution in [0.1, 0.15) is 66.7 Å². The van der Waals surface area contributed by atoms with Crippen molar-refractivity contribution in [3.8, 4) is 11.3 Å². The second-order valence-electron chi connectivity index (χ2n) is 8.88. The lowest BCUT2D eigenvalue weighted by Gasteiger charge is -2.24. The van der Waals surface area contributed by atoms with E-state index in [2.05, 4.69) is 62.5 Å². The molecule has 2 aliphatic rings. The molecule has 1 saturated carbocycles. The third-order valence-corrected chi connectivity index (χ3v) is 6.84. The lowest BCUT2D eigenvalue weighted by molar-refractivity contribution is 0.0573. The molecule has 1 aromatic heterocycles. The first-order valence-electron chi connectivity index (χ1n) is 11.7. The van der Waals surface area contributed by atoms with Gasteiger partial charge in [-0.25, -0.2) is 9.97 Å². The Bertz CT molecular complexity index is 1140. The van der Waals surface area contributed by atoms with Crippen LogP contribution in [0.5, 0.6) is 0 Å². The van der Waals surface area contributed by atoms with E-state index in [-0.39, 0.29) is 12.1 Å². The van der Waals surface area contributed by atoms with Gasteiger partial charge in [0.2, 0.25) is 0 Å². The van der Waals surface area contributed by atoms with Crippen LogP contribution in [0.2, 0.25) is 5.02 Å². The Kier molecular flexibility index (Phi) is 5.92. The third kappa shape index (κ3) is 4.02. The van der Waals surface area contributed by atoms with Gasteiger partial charge in [-0.05, 0) is 55.9 Å². The molecule has 1 N–H and O–H groups in total. The molecule has 2 aromatic carbocycles. The van der Waals surface area contributed by atoms with E-state index in [4.69, 9.17) is 26.3 Å². The molecule has 0 unspecified atom stereocenters. The van der Waals surface area contributed by atoms with E-state index >= 15 is 0 Å². The van der Waals surface area contributed by atoms with Crippen molar-refractivity contribution in [1.82, 2.24) is 9.97 Å². The Morgan fingerprint density at radius 1 is 1.09 bits per heavy atom. The van der Waals surface area contributed by atoms with E-state index in [1.165, 1.54) is 11.1 Å². The summed E-state index contributed by atoms with van der Waals surface area (Å²) in [7, 11) is 0. The minimum absolute atomic E-state index is 0.0756. The molecule has 0 amide bonds. The van der Waals surface area contributed by atoms with E-state index < -0.39 is 0 Å². The van der Waals surface area contributed by atoms with Gasteiger partial charge in [-0.1, -0.05) is 54.9 Å². The van der Waals surface area contributed by atoms with E-state index in [1.54, 1.807) is 0 Å². The highest BCUT2D eigenvalue weighted by Gasteiger charge is 2.35. The van der Waals surface area contributed by atoms with Gasteiger partial charge >= 0.3 is 0 Å². The van der Waals surface area contributed by atoms with E-state index in [1.807, 2.05) is 6.07 Å². The van der Waals surface area contributed by atoms with Crippen LogP contribution < -0.4 is 5.32 Å². The second-order valence-corrected chi connectivity index (χ2v) is 9.29. The SMILES string of the molecule is CCO[C@H]1Cc2ccccc2[C@H]1Nc1nc(C2CC2)c(-c2ccc(C)cc2Cl)nc1CC. The number of ether oxygens (including phenoxy) is 1. The van der Waals surface area contributed by atoms with Gasteiger partial charge in [0.1, 0.15) is 5.82 Å². The molecule has 0 bridgehead atoms. The van der Waals surface area contributed by atoms with Crippen LogP contribution in [0.4, 0.5) is 5.82 Å². The monoisotopic (exact) mass is 447 g/mol. The standard InChI is InChI=1S/C27H30ClN3O/c1-4-22-27(31-25-19-9-7-6-8-18(19)15-23(25)32-5-2)30-24(17-11-12-17)26(29-22)20-13-10-16(3)14-21(20)28/h6-10,13-14,17,23,25H,4-5,11-12,15H2,1-3H3,(H,30,31)/t23-,25+/m0/s1. The number of benzene rings is 2. The van der Waals surface area contributed by atoms with Gasteiger partial charge in [-0.2, -0.15) is 0 Å². The molecule has 32 heavy (non-hydrogen) atoms. The molecule has 1 heterocycles. The molecule has 3 aromatic rings. The normalized spacial score (nSPS) is 19.8. The average molecular weight is 448 g/mol. The molecule has 2 aliphatic carbocycles. The number of aromatic nitrogens is 2. The zero-order valence-corrected chi connectivity index (χ0v) is 19.7. The van der Waals surface area contributed by atoms with Crippen molar-refractivity contribution < 1.29 is 4.74 Å².